The van der Waals surface area contributed by atoms with E-state index in [1.807, 2.05) is 18.2 Å². The first-order valence-electron chi connectivity index (χ1n) is 12.4. The average Bonchev–Trinajstić information content (AvgIpc) is 2.81. The van der Waals surface area contributed by atoms with E-state index in [4.69, 9.17) is 0 Å². The quantitative estimate of drug-likeness (QED) is 0.341. The fraction of sp³-hybridized carbons (Fsp3) is 0.517. The molecule has 1 aromatic carbocycles. The lowest BCUT2D eigenvalue weighted by atomic mass is 9.74. The van der Waals surface area contributed by atoms with Crippen molar-refractivity contribution < 1.29 is 0 Å². The molecule has 174 valence electrons. The number of piperidine rings is 1. The van der Waals surface area contributed by atoms with E-state index in [1.54, 1.807) is 0 Å². The van der Waals surface area contributed by atoms with Gasteiger partial charge >= 0.3 is 0 Å². The van der Waals surface area contributed by atoms with E-state index < -0.39 is 0 Å². The highest BCUT2D eigenvalue weighted by Crippen LogP contribution is 2.39. The highest BCUT2D eigenvalue weighted by atomic mass is 15.1. The smallest absolute Gasteiger partial charge is 0.132 e. The van der Waals surface area contributed by atoms with Gasteiger partial charge < -0.3 is 9.80 Å². The van der Waals surface area contributed by atoms with Crippen molar-refractivity contribution in [2.75, 3.05) is 38.1 Å². The van der Waals surface area contributed by atoms with Gasteiger partial charge in [-0.25, -0.2) is 0 Å². The molecule has 0 radical (unpaired) electrons. The van der Waals surface area contributed by atoms with Gasteiger partial charge in [0.05, 0.1) is 0 Å². The topological polar surface area (TPSA) is 54.1 Å². The minimum atomic E-state index is 0.0449. The summed E-state index contributed by atoms with van der Waals surface area (Å²) >= 11 is 0. The average molecular weight is 443 g/mol. The van der Waals surface area contributed by atoms with Crippen LogP contribution in [0.3, 0.4) is 0 Å². The number of hydrogen-bond acceptors (Lipinski definition) is 4. The molecule has 0 atom stereocenters. The van der Waals surface area contributed by atoms with Gasteiger partial charge in [0.2, 0.25) is 0 Å². The normalized spacial score (nSPS) is 18.5. The molecule has 0 aromatic heterocycles. The molecule has 1 saturated heterocycles. The van der Waals surface area contributed by atoms with E-state index in [9.17, 15) is 10.5 Å². The monoisotopic (exact) mass is 442 g/mol. The van der Waals surface area contributed by atoms with Crippen LogP contribution in [0.1, 0.15) is 64.4 Å². The maximum Gasteiger partial charge on any atom is 0.132 e. The van der Waals surface area contributed by atoms with Crippen LogP contribution in [-0.4, -0.2) is 38.1 Å². The molecular formula is C29H38N4. The van der Waals surface area contributed by atoms with Crippen LogP contribution in [0.5, 0.6) is 0 Å². The first-order chi connectivity index (χ1) is 15.9. The van der Waals surface area contributed by atoms with Crippen molar-refractivity contribution in [2.24, 2.45) is 5.41 Å². The largest absolute Gasteiger partial charge is 0.375 e. The third-order valence-electron chi connectivity index (χ3n) is 6.75. The fourth-order valence-electron chi connectivity index (χ4n) is 4.93. The molecule has 0 N–H and O–H groups in total. The van der Waals surface area contributed by atoms with Crippen LogP contribution in [0.4, 0.5) is 5.69 Å². The molecule has 1 fully saturated rings. The Labute approximate surface area is 200 Å². The summed E-state index contributed by atoms with van der Waals surface area (Å²) in [7, 11) is 2.18. The number of nitriles is 2. The standard InChI is InChI=1S/C29H38N4/c1-29(2)20-25(19-26(21-29)27(22-30)23-31)10-9-24-11-13-28(14-12-24)32(3)15-7-8-18-33-16-5-4-6-17-33/h9-14,19H,4-8,15-18,20-21H2,1-3H3/b10-9+. The Morgan fingerprint density at radius 2 is 1.70 bits per heavy atom. The van der Waals surface area contributed by atoms with E-state index in [0.717, 1.165) is 30.5 Å². The van der Waals surface area contributed by atoms with Crippen LogP contribution in [0.15, 0.2) is 53.1 Å². The highest BCUT2D eigenvalue weighted by Gasteiger charge is 2.26. The summed E-state index contributed by atoms with van der Waals surface area (Å²) in [5.41, 5.74) is 4.71. The van der Waals surface area contributed by atoms with Gasteiger partial charge in [-0.3, -0.25) is 0 Å². The van der Waals surface area contributed by atoms with E-state index >= 15 is 0 Å². The molecule has 0 saturated carbocycles. The Bertz CT molecular complexity index is 944. The van der Waals surface area contributed by atoms with Crippen molar-refractivity contribution >= 4 is 11.8 Å². The predicted molar refractivity (Wildman–Crippen MR) is 138 cm³/mol. The first kappa shape index (κ1) is 24.8. The maximum absolute atomic E-state index is 9.26. The maximum atomic E-state index is 9.26. The van der Waals surface area contributed by atoms with Crippen LogP contribution in [0.2, 0.25) is 0 Å². The third-order valence-corrected chi connectivity index (χ3v) is 6.75. The summed E-state index contributed by atoms with van der Waals surface area (Å²) in [5.74, 6) is 0. The molecule has 0 unspecified atom stereocenters. The summed E-state index contributed by atoms with van der Waals surface area (Å²) in [4.78, 5) is 4.96. The van der Waals surface area contributed by atoms with E-state index in [1.165, 1.54) is 63.0 Å². The van der Waals surface area contributed by atoms with Crippen molar-refractivity contribution in [1.29, 1.82) is 10.5 Å². The number of unbranched alkanes of at least 4 members (excludes halogenated alkanes) is 1. The van der Waals surface area contributed by atoms with Crippen LogP contribution in [0.25, 0.3) is 6.08 Å². The second-order valence-corrected chi connectivity index (χ2v) is 10.3. The lowest BCUT2D eigenvalue weighted by Crippen LogP contribution is -2.31. The molecule has 1 aromatic rings. The predicted octanol–water partition coefficient (Wildman–Crippen LogP) is 6.49. The summed E-state index contributed by atoms with van der Waals surface area (Å²) in [6, 6.07) is 12.8. The zero-order valence-corrected chi connectivity index (χ0v) is 20.6. The second kappa shape index (κ2) is 11.9. The van der Waals surface area contributed by atoms with Crippen molar-refractivity contribution in [1.82, 2.24) is 4.90 Å². The Kier molecular flexibility index (Phi) is 8.93. The molecular weight excluding hydrogens is 404 g/mol. The third kappa shape index (κ3) is 7.62. The van der Waals surface area contributed by atoms with Crippen molar-refractivity contribution in [2.45, 2.75) is 58.8 Å². The molecule has 2 aliphatic rings. The fourth-order valence-corrected chi connectivity index (χ4v) is 4.93. The Hall–Kier alpha value is -2.82. The SMILES string of the molecule is CN(CCCCN1CCCCC1)c1ccc(/C=C/C2=CC(=C(C#N)C#N)CC(C)(C)C2)cc1. The van der Waals surface area contributed by atoms with E-state index in [0.29, 0.717) is 0 Å². The number of benzene rings is 1. The van der Waals surface area contributed by atoms with Crippen LogP contribution < -0.4 is 4.90 Å². The first-order valence-corrected chi connectivity index (χ1v) is 12.4. The van der Waals surface area contributed by atoms with Crippen LogP contribution >= 0.6 is 0 Å². The molecule has 1 aliphatic carbocycles. The van der Waals surface area contributed by atoms with Gasteiger partial charge in [0.1, 0.15) is 17.7 Å². The van der Waals surface area contributed by atoms with Crippen molar-refractivity contribution in [3.63, 3.8) is 0 Å². The van der Waals surface area contributed by atoms with Gasteiger partial charge in [-0.1, -0.05) is 50.6 Å². The summed E-state index contributed by atoms with van der Waals surface area (Å²) in [6.45, 7) is 9.28. The second-order valence-electron chi connectivity index (χ2n) is 10.3. The number of anilines is 1. The van der Waals surface area contributed by atoms with Gasteiger partial charge in [0.15, 0.2) is 0 Å². The van der Waals surface area contributed by atoms with Crippen LogP contribution in [-0.2, 0) is 0 Å². The molecule has 0 amide bonds. The minimum absolute atomic E-state index is 0.0449. The molecule has 1 aliphatic heterocycles. The lowest BCUT2D eigenvalue weighted by molar-refractivity contribution is 0.225. The number of allylic oxidation sites excluding steroid dienone is 5. The molecule has 4 nitrogen and oxygen atoms in total. The van der Waals surface area contributed by atoms with E-state index in [2.05, 4.69) is 67.1 Å². The lowest BCUT2D eigenvalue weighted by Gasteiger charge is -2.30. The van der Waals surface area contributed by atoms with E-state index in [-0.39, 0.29) is 11.0 Å². The van der Waals surface area contributed by atoms with Crippen molar-refractivity contribution in [3.8, 4) is 12.1 Å². The Morgan fingerprint density at radius 3 is 2.36 bits per heavy atom. The highest BCUT2D eigenvalue weighted by molar-refractivity contribution is 5.59. The summed E-state index contributed by atoms with van der Waals surface area (Å²) in [6.07, 6.45) is 14.6. The number of hydrogen-bond donors (Lipinski definition) is 0. The molecule has 0 spiro atoms. The number of rotatable bonds is 8. The van der Waals surface area contributed by atoms with Gasteiger partial charge in [-0.2, -0.15) is 10.5 Å². The molecule has 1 heterocycles. The van der Waals surface area contributed by atoms with Gasteiger partial charge in [-0.15, -0.1) is 0 Å². The zero-order valence-electron chi connectivity index (χ0n) is 20.6. The van der Waals surface area contributed by atoms with Gasteiger partial charge in [-0.05, 0) is 92.4 Å². The molecule has 0 bridgehead atoms. The number of nitrogens with zero attached hydrogens (tertiary/aromatic N) is 4. The molecule has 4 heteroatoms. The van der Waals surface area contributed by atoms with Gasteiger partial charge in [0.25, 0.3) is 0 Å². The van der Waals surface area contributed by atoms with Crippen LogP contribution in [0, 0.1) is 28.1 Å². The van der Waals surface area contributed by atoms with Gasteiger partial charge in [0, 0.05) is 19.3 Å². The number of likely N-dealkylation sites (tertiary alicyclic amines) is 1. The Balaban J connectivity index is 1.54. The summed E-state index contributed by atoms with van der Waals surface area (Å²) in [5, 5.41) is 18.5. The zero-order chi connectivity index (χ0) is 23.7. The summed E-state index contributed by atoms with van der Waals surface area (Å²) < 4.78 is 0. The molecule has 33 heavy (non-hydrogen) atoms. The minimum Gasteiger partial charge on any atom is -0.375 e. The van der Waals surface area contributed by atoms with Crippen molar-refractivity contribution in [3.05, 3.63) is 58.7 Å². The Morgan fingerprint density at radius 1 is 1.00 bits per heavy atom. The molecule has 3 rings (SSSR count).